The molecule has 2 N–H and O–H groups in total. The summed E-state index contributed by atoms with van der Waals surface area (Å²) in [6.45, 7) is 3.91. The van der Waals surface area contributed by atoms with Gasteiger partial charge in [-0.15, -0.1) is 0 Å². The second-order valence-electron chi connectivity index (χ2n) is 5.10. The van der Waals surface area contributed by atoms with E-state index in [-0.39, 0.29) is 5.60 Å². The molecule has 0 aliphatic heterocycles. The Bertz CT molecular complexity index is 381. The molecule has 1 aliphatic rings. The quantitative estimate of drug-likeness (QED) is 0.870. The van der Waals surface area contributed by atoms with Crippen molar-refractivity contribution < 1.29 is 9.26 Å². The summed E-state index contributed by atoms with van der Waals surface area (Å²) in [5.41, 5.74) is 5.18. The second kappa shape index (κ2) is 4.38. The predicted octanol–water partition coefficient (Wildman–Crippen LogP) is 2.07. The summed E-state index contributed by atoms with van der Waals surface area (Å²) in [5, 5.41) is 4.06. The lowest BCUT2D eigenvalue weighted by molar-refractivity contribution is -0.0178. The molecular formula is C12H21N3O2. The van der Waals surface area contributed by atoms with Crippen LogP contribution in [0.3, 0.4) is 0 Å². The van der Waals surface area contributed by atoms with Crippen LogP contribution < -0.4 is 5.73 Å². The third-order valence-electron chi connectivity index (χ3n) is 3.86. The molecule has 17 heavy (non-hydrogen) atoms. The number of aromatic nitrogens is 2. The first kappa shape index (κ1) is 12.5. The highest BCUT2D eigenvalue weighted by atomic mass is 16.5. The van der Waals surface area contributed by atoms with E-state index in [1.54, 1.807) is 7.11 Å². The average Bonchev–Trinajstić information content (AvgIpc) is 2.98. The molecule has 1 fully saturated rings. The molecule has 0 bridgehead atoms. The van der Waals surface area contributed by atoms with E-state index < -0.39 is 5.54 Å². The van der Waals surface area contributed by atoms with Crippen LogP contribution in [0.4, 0.5) is 0 Å². The highest BCUT2D eigenvalue weighted by molar-refractivity contribution is 5.07. The van der Waals surface area contributed by atoms with E-state index in [4.69, 9.17) is 15.0 Å². The van der Waals surface area contributed by atoms with Gasteiger partial charge in [0.2, 0.25) is 11.7 Å². The lowest BCUT2D eigenvalue weighted by Crippen LogP contribution is -2.33. The molecule has 1 aromatic heterocycles. The molecule has 0 spiro atoms. The van der Waals surface area contributed by atoms with Crippen molar-refractivity contribution in [1.29, 1.82) is 0 Å². The fourth-order valence-electron chi connectivity index (χ4n) is 2.26. The number of rotatable bonds is 4. The van der Waals surface area contributed by atoms with Gasteiger partial charge in [-0.2, -0.15) is 4.98 Å². The van der Waals surface area contributed by atoms with Crippen LogP contribution in [-0.4, -0.2) is 17.3 Å². The Morgan fingerprint density at radius 2 is 2.12 bits per heavy atom. The molecule has 1 atom stereocenters. The number of nitrogens with zero attached hydrogens (tertiary/aromatic N) is 2. The zero-order chi connectivity index (χ0) is 12.5. The van der Waals surface area contributed by atoms with Crippen molar-refractivity contribution in [3.8, 4) is 0 Å². The van der Waals surface area contributed by atoms with E-state index in [0.29, 0.717) is 11.7 Å². The van der Waals surface area contributed by atoms with E-state index >= 15 is 0 Å². The zero-order valence-corrected chi connectivity index (χ0v) is 10.8. The Balaban J connectivity index is 2.29. The van der Waals surface area contributed by atoms with Gasteiger partial charge < -0.3 is 15.0 Å². The van der Waals surface area contributed by atoms with Gasteiger partial charge in [-0.25, -0.2) is 0 Å². The first-order valence-electron chi connectivity index (χ1n) is 6.23. The average molecular weight is 239 g/mol. The van der Waals surface area contributed by atoms with Crippen molar-refractivity contribution >= 4 is 0 Å². The Morgan fingerprint density at radius 3 is 2.65 bits per heavy atom. The highest BCUT2D eigenvalue weighted by Gasteiger charge is 2.41. The third kappa shape index (κ3) is 2.09. The van der Waals surface area contributed by atoms with Crippen LogP contribution in [0.5, 0.6) is 0 Å². The molecule has 0 aromatic carbocycles. The minimum absolute atomic E-state index is 0.356. The molecule has 5 heteroatoms. The summed E-state index contributed by atoms with van der Waals surface area (Å²) in [5.74, 6) is 1.15. The van der Waals surface area contributed by atoms with Gasteiger partial charge in [0.1, 0.15) is 5.60 Å². The van der Waals surface area contributed by atoms with Crippen molar-refractivity contribution in [3.63, 3.8) is 0 Å². The Morgan fingerprint density at radius 1 is 1.47 bits per heavy atom. The van der Waals surface area contributed by atoms with Gasteiger partial charge in [0.05, 0.1) is 5.54 Å². The largest absolute Gasteiger partial charge is 0.370 e. The first-order chi connectivity index (χ1) is 8.04. The summed E-state index contributed by atoms with van der Waals surface area (Å²) in [7, 11) is 1.71. The maximum Gasteiger partial charge on any atom is 0.246 e. The fraction of sp³-hybridized carbons (Fsp3) is 0.833. The molecular weight excluding hydrogens is 218 g/mol. The van der Waals surface area contributed by atoms with Crippen molar-refractivity contribution in [2.24, 2.45) is 5.73 Å². The molecule has 2 rings (SSSR count). The van der Waals surface area contributed by atoms with Crippen LogP contribution in [0, 0.1) is 0 Å². The fourth-order valence-corrected chi connectivity index (χ4v) is 2.26. The molecule has 1 aliphatic carbocycles. The second-order valence-corrected chi connectivity index (χ2v) is 5.10. The van der Waals surface area contributed by atoms with Gasteiger partial charge in [-0.05, 0) is 39.0 Å². The number of hydrogen-bond donors (Lipinski definition) is 1. The van der Waals surface area contributed by atoms with E-state index in [2.05, 4.69) is 10.1 Å². The van der Waals surface area contributed by atoms with Gasteiger partial charge in [0.15, 0.2) is 0 Å². The molecule has 1 aromatic rings. The van der Waals surface area contributed by atoms with E-state index in [9.17, 15) is 0 Å². The van der Waals surface area contributed by atoms with Gasteiger partial charge in [0.25, 0.3) is 0 Å². The van der Waals surface area contributed by atoms with E-state index in [1.165, 1.54) is 0 Å². The van der Waals surface area contributed by atoms with Crippen molar-refractivity contribution in [1.82, 2.24) is 10.1 Å². The van der Waals surface area contributed by atoms with Crippen LogP contribution in [0.25, 0.3) is 0 Å². The minimum atomic E-state index is -0.557. The molecule has 0 amide bonds. The summed E-state index contributed by atoms with van der Waals surface area (Å²) in [4.78, 5) is 4.45. The van der Waals surface area contributed by atoms with Crippen molar-refractivity contribution in [2.45, 2.75) is 57.1 Å². The Kier molecular flexibility index (Phi) is 3.23. The van der Waals surface area contributed by atoms with E-state index in [0.717, 1.165) is 32.1 Å². The normalized spacial score (nSPS) is 22.6. The molecule has 1 saturated carbocycles. The van der Waals surface area contributed by atoms with Crippen LogP contribution in [0.2, 0.25) is 0 Å². The topological polar surface area (TPSA) is 74.2 Å². The minimum Gasteiger partial charge on any atom is -0.370 e. The van der Waals surface area contributed by atoms with Crippen molar-refractivity contribution in [2.75, 3.05) is 7.11 Å². The standard InChI is InChI=1S/C12H21N3O2/c1-4-11(2,13)10-14-9(15-17-10)12(16-3)7-5-6-8-12/h4-8,13H2,1-3H3. The molecule has 96 valence electrons. The molecule has 5 nitrogen and oxygen atoms in total. The Labute approximate surface area is 102 Å². The molecule has 1 unspecified atom stereocenters. The smallest absolute Gasteiger partial charge is 0.246 e. The third-order valence-corrected chi connectivity index (χ3v) is 3.86. The monoisotopic (exact) mass is 239 g/mol. The summed E-state index contributed by atoms with van der Waals surface area (Å²) in [6.07, 6.45) is 4.96. The Hall–Kier alpha value is -0.940. The number of ether oxygens (including phenoxy) is 1. The summed E-state index contributed by atoms with van der Waals surface area (Å²) in [6, 6.07) is 0. The van der Waals surface area contributed by atoms with E-state index in [1.807, 2.05) is 13.8 Å². The predicted molar refractivity (Wildman–Crippen MR) is 63.3 cm³/mol. The van der Waals surface area contributed by atoms with Gasteiger partial charge in [-0.1, -0.05) is 12.1 Å². The van der Waals surface area contributed by atoms with Crippen LogP contribution in [0.1, 0.15) is 57.7 Å². The zero-order valence-electron chi connectivity index (χ0n) is 10.8. The number of nitrogens with two attached hydrogens (primary N) is 1. The maximum atomic E-state index is 6.10. The highest BCUT2D eigenvalue weighted by Crippen LogP contribution is 2.40. The lowest BCUT2D eigenvalue weighted by Gasteiger charge is -2.23. The SMILES string of the molecule is CCC(C)(N)c1nc(C2(OC)CCCC2)no1. The maximum absolute atomic E-state index is 6.10. The van der Waals surface area contributed by atoms with Gasteiger partial charge in [-0.3, -0.25) is 0 Å². The lowest BCUT2D eigenvalue weighted by atomic mass is 9.99. The molecule has 1 heterocycles. The molecule has 0 saturated heterocycles. The van der Waals surface area contributed by atoms with Crippen LogP contribution >= 0.6 is 0 Å². The summed E-state index contributed by atoms with van der Waals surface area (Å²) < 4.78 is 10.9. The van der Waals surface area contributed by atoms with Crippen LogP contribution in [0.15, 0.2) is 4.52 Å². The van der Waals surface area contributed by atoms with Crippen molar-refractivity contribution in [3.05, 3.63) is 11.7 Å². The van der Waals surface area contributed by atoms with Gasteiger partial charge in [0, 0.05) is 7.11 Å². The number of hydrogen-bond acceptors (Lipinski definition) is 5. The van der Waals surface area contributed by atoms with Gasteiger partial charge >= 0.3 is 0 Å². The number of methoxy groups -OCH3 is 1. The van der Waals surface area contributed by atoms with Crippen LogP contribution in [-0.2, 0) is 15.9 Å². The summed E-state index contributed by atoms with van der Waals surface area (Å²) >= 11 is 0. The molecule has 0 radical (unpaired) electrons. The first-order valence-corrected chi connectivity index (χ1v) is 6.23.